The van der Waals surface area contributed by atoms with E-state index in [9.17, 15) is 0 Å². The Kier molecular flexibility index (Phi) is 5.79. The maximum atomic E-state index is 4.36. The Labute approximate surface area is 108 Å². The van der Waals surface area contributed by atoms with Gasteiger partial charge in [0.05, 0.1) is 5.69 Å². The first-order valence-electron chi connectivity index (χ1n) is 5.20. The Morgan fingerprint density at radius 2 is 2.00 bits per heavy atom. The zero-order valence-electron chi connectivity index (χ0n) is 9.06. The normalized spacial score (nSPS) is 11.0. The summed E-state index contributed by atoms with van der Waals surface area (Å²) in [4.78, 5) is 4.36. The third kappa shape index (κ3) is 4.21. The average Bonchev–Trinajstić information content (AvgIpc) is 2.22. The predicted molar refractivity (Wildman–Crippen MR) is 70.8 cm³/mol. The molecule has 0 radical (unpaired) electrons. The lowest BCUT2D eigenvalue weighted by Gasteiger charge is -2.14. The summed E-state index contributed by atoms with van der Waals surface area (Å²) in [5.74, 6) is 0. The van der Waals surface area contributed by atoms with E-state index in [1.165, 1.54) is 0 Å². The van der Waals surface area contributed by atoms with Crippen LogP contribution >= 0.6 is 31.9 Å². The highest BCUT2D eigenvalue weighted by Crippen LogP contribution is 2.19. The summed E-state index contributed by atoms with van der Waals surface area (Å²) in [6, 6.07) is 2.61. The molecule has 0 atom stereocenters. The van der Waals surface area contributed by atoms with Crippen molar-refractivity contribution in [3.63, 3.8) is 0 Å². The van der Waals surface area contributed by atoms with Crippen molar-refractivity contribution in [1.82, 2.24) is 10.3 Å². The van der Waals surface area contributed by atoms with E-state index in [0.29, 0.717) is 6.04 Å². The fourth-order valence-corrected chi connectivity index (χ4v) is 2.52. The second-order valence-corrected chi connectivity index (χ2v) is 5.25. The first kappa shape index (κ1) is 13.1. The van der Waals surface area contributed by atoms with E-state index in [0.717, 1.165) is 34.0 Å². The van der Waals surface area contributed by atoms with Gasteiger partial charge in [-0.05, 0) is 50.8 Å². The number of nitrogens with zero attached hydrogens (tertiary/aromatic N) is 1. The van der Waals surface area contributed by atoms with Gasteiger partial charge in [0.2, 0.25) is 0 Å². The van der Waals surface area contributed by atoms with Crippen molar-refractivity contribution in [2.45, 2.75) is 39.3 Å². The van der Waals surface area contributed by atoms with E-state index >= 15 is 0 Å². The first-order valence-corrected chi connectivity index (χ1v) is 6.79. The van der Waals surface area contributed by atoms with Crippen LogP contribution in [-0.4, -0.2) is 11.0 Å². The lowest BCUT2D eigenvalue weighted by atomic mass is 10.2. The van der Waals surface area contributed by atoms with E-state index in [2.05, 4.69) is 56.0 Å². The van der Waals surface area contributed by atoms with Gasteiger partial charge < -0.3 is 5.32 Å². The number of hydrogen-bond donors (Lipinski definition) is 1. The molecule has 0 aromatic carbocycles. The number of aromatic nitrogens is 1. The second kappa shape index (κ2) is 6.61. The minimum absolute atomic E-state index is 0.586. The molecule has 0 amide bonds. The third-order valence-electron chi connectivity index (χ3n) is 2.43. The molecule has 0 saturated carbocycles. The number of rotatable bonds is 5. The molecule has 1 heterocycles. The first-order chi connectivity index (χ1) is 7.17. The van der Waals surface area contributed by atoms with E-state index < -0.39 is 0 Å². The van der Waals surface area contributed by atoms with Gasteiger partial charge in [0.1, 0.15) is 0 Å². The topological polar surface area (TPSA) is 24.9 Å². The summed E-state index contributed by atoms with van der Waals surface area (Å²) in [5, 5.41) is 3.49. The summed E-state index contributed by atoms with van der Waals surface area (Å²) in [7, 11) is 0. The van der Waals surface area contributed by atoms with Crippen molar-refractivity contribution in [1.29, 1.82) is 0 Å². The number of nitrogens with one attached hydrogen (secondary N) is 1. The summed E-state index contributed by atoms with van der Waals surface area (Å²) >= 11 is 6.90. The molecule has 1 rings (SSSR count). The van der Waals surface area contributed by atoms with Crippen LogP contribution in [0.1, 0.15) is 32.4 Å². The molecule has 0 fully saturated rings. The Morgan fingerprint density at radius 1 is 1.33 bits per heavy atom. The fourth-order valence-electron chi connectivity index (χ4n) is 1.39. The van der Waals surface area contributed by atoms with Crippen LogP contribution in [0.5, 0.6) is 0 Å². The molecule has 0 aliphatic rings. The summed E-state index contributed by atoms with van der Waals surface area (Å²) in [6.45, 7) is 5.22. The van der Waals surface area contributed by atoms with E-state index in [4.69, 9.17) is 0 Å². The van der Waals surface area contributed by atoms with Gasteiger partial charge in [0.25, 0.3) is 0 Å². The Bertz CT molecular complexity index is 311. The Balaban J connectivity index is 2.57. The van der Waals surface area contributed by atoms with E-state index in [-0.39, 0.29) is 0 Å². The van der Waals surface area contributed by atoms with Gasteiger partial charge in [0, 0.05) is 27.7 Å². The van der Waals surface area contributed by atoms with Gasteiger partial charge >= 0.3 is 0 Å². The molecule has 0 saturated heterocycles. The van der Waals surface area contributed by atoms with Crippen molar-refractivity contribution in [2.24, 2.45) is 0 Å². The highest BCUT2D eigenvalue weighted by Gasteiger charge is 2.05. The molecule has 0 aliphatic heterocycles. The molecule has 0 unspecified atom stereocenters. The van der Waals surface area contributed by atoms with Crippen LogP contribution in [0.15, 0.2) is 21.2 Å². The monoisotopic (exact) mass is 334 g/mol. The van der Waals surface area contributed by atoms with Crippen LogP contribution in [0.3, 0.4) is 0 Å². The van der Waals surface area contributed by atoms with Crippen LogP contribution in [0.25, 0.3) is 0 Å². The Hall–Kier alpha value is 0.0700. The maximum absolute atomic E-state index is 4.36. The molecule has 0 spiro atoms. The van der Waals surface area contributed by atoms with Crippen molar-refractivity contribution in [3.05, 3.63) is 26.9 Å². The van der Waals surface area contributed by atoms with Gasteiger partial charge in [-0.1, -0.05) is 13.8 Å². The summed E-state index contributed by atoms with van der Waals surface area (Å²) in [5.41, 5.74) is 1.06. The fraction of sp³-hybridized carbons (Fsp3) is 0.545. The minimum Gasteiger partial charge on any atom is -0.308 e. The van der Waals surface area contributed by atoms with Gasteiger partial charge in [-0.2, -0.15) is 0 Å². The smallest absolute Gasteiger partial charge is 0.0684 e. The van der Waals surface area contributed by atoms with Crippen molar-refractivity contribution >= 4 is 31.9 Å². The van der Waals surface area contributed by atoms with Crippen molar-refractivity contribution in [3.8, 4) is 0 Å². The molecule has 15 heavy (non-hydrogen) atoms. The van der Waals surface area contributed by atoms with Crippen LogP contribution in [0, 0.1) is 0 Å². The minimum atomic E-state index is 0.586. The molecule has 1 aromatic rings. The molecule has 2 nitrogen and oxygen atoms in total. The molecule has 1 N–H and O–H groups in total. The van der Waals surface area contributed by atoms with Crippen LogP contribution in [0.2, 0.25) is 0 Å². The molecule has 0 aliphatic carbocycles. The second-order valence-electron chi connectivity index (χ2n) is 3.48. The Morgan fingerprint density at radius 3 is 2.53 bits per heavy atom. The van der Waals surface area contributed by atoms with Gasteiger partial charge in [-0.15, -0.1) is 0 Å². The molecule has 4 heteroatoms. The van der Waals surface area contributed by atoms with E-state index in [1.54, 1.807) is 0 Å². The lowest BCUT2D eigenvalue weighted by Crippen LogP contribution is -2.27. The van der Waals surface area contributed by atoms with Gasteiger partial charge in [-0.25, -0.2) is 0 Å². The number of hydrogen-bond acceptors (Lipinski definition) is 2. The van der Waals surface area contributed by atoms with Crippen LogP contribution < -0.4 is 5.32 Å². The van der Waals surface area contributed by atoms with Gasteiger partial charge in [-0.3, -0.25) is 4.98 Å². The summed E-state index contributed by atoms with van der Waals surface area (Å²) < 4.78 is 2.05. The van der Waals surface area contributed by atoms with Crippen molar-refractivity contribution in [2.75, 3.05) is 0 Å². The zero-order chi connectivity index (χ0) is 11.3. The van der Waals surface area contributed by atoms with Crippen molar-refractivity contribution < 1.29 is 0 Å². The SMILES string of the molecule is CCC(CC)NCc1ncc(Br)cc1Br. The molecular formula is C11H16Br2N2. The summed E-state index contributed by atoms with van der Waals surface area (Å²) in [6.07, 6.45) is 4.14. The van der Waals surface area contributed by atoms with Gasteiger partial charge in [0.15, 0.2) is 0 Å². The predicted octanol–water partition coefficient (Wildman–Crippen LogP) is 3.88. The lowest BCUT2D eigenvalue weighted by molar-refractivity contribution is 0.480. The number of pyridine rings is 1. The highest BCUT2D eigenvalue weighted by molar-refractivity contribution is 9.11. The molecule has 84 valence electrons. The molecule has 1 aromatic heterocycles. The molecule has 0 bridgehead atoms. The zero-order valence-corrected chi connectivity index (χ0v) is 12.2. The van der Waals surface area contributed by atoms with E-state index in [1.807, 2.05) is 12.3 Å². The standard InChI is InChI=1S/C11H16Br2N2/c1-3-9(4-2)14-7-11-10(13)5-8(12)6-15-11/h5-6,9,14H,3-4,7H2,1-2H3. The quantitative estimate of drug-likeness (QED) is 0.883. The third-order valence-corrected chi connectivity index (χ3v) is 3.55. The average molecular weight is 336 g/mol. The molecular weight excluding hydrogens is 320 g/mol. The van der Waals surface area contributed by atoms with Crippen LogP contribution in [0.4, 0.5) is 0 Å². The maximum Gasteiger partial charge on any atom is 0.0684 e. The van der Waals surface area contributed by atoms with Crippen LogP contribution in [-0.2, 0) is 6.54 Å². The number of halogens is 2. The highest BCUT2D eigenvalue weighted by atomic mass is 79.9. The largest absolute Gasteiger partial charge is 0.308 e.